The number of ether oxygens (including phenoxy) is 1. The van der Waals surface area contributed by atoms with Crippen molar-refractivity contribution in [2.45, 2.75) is 69.8 Å². The highest BCUT2D eigenvalue weighted by molar-refractivity contribution is 7.81. The summed E-state index contributed by atoms with van der Waals surface area (Å²) in [6.07, 6.45) is 9.80. The molecule has 17 heavy (non-hydrogen) atoms. The summed E-state index contributed by atoms with van der Waals surface area (Å²) in [5.74, 6) is 1.46. The quantitative estimate of drug-likeness (QED) is 0.570. The van der Waals surface area contributed by atoms with Gasteiger partial charge in [0.15, 0.2) is 0 Å². The van der Waals surface area contributed by atoms with Gasteiger partial charge >= 0.3 is 0 Å². The van der Waals surface area contributed by atoms with Gasteiger partial charge in [0, 0.05) is 10.7 Å². The van der Waals surface area contributed by atoms with Crippen molar-refractivity contribution in [1.29, 1.82) is 0 Å². The first-order valence-electron chi connectivity index (χ1n) is 6.90. The normalized spacial score (nSPS) is 35.2. The van der Waals surface area contributed by atoms with E-state index in [4.69, 9.17) is 4.74 Å². The SMILES string of the molecule is CCC(C)(CC(C)(C)S)OC1CC2C=CC1C2. The molecular formula is C15H26OS. The Morgan fingerprint density at radius 3 is 2.35 bits per heavy atom. The Morgan fingerprint density at radius 1 is 1.24 bits per heavy atom. The molecule has 2 aliphatic rings. The van der Waals surface area contributed by atoms with Crippen molar-refractivity contribution < 1.29 is 4.74 Å². The van der Waals surface area contributed by atoms with Crippen LogP contribution >= 0.6 is 12.6 Å². The van der Waals surface area contributed by atoms with Gasteiger partial charge in [-0.1, -0.05) is 32.9 Å². The maximum Gasteiger partial charge on any atom is 0.0668 e. The first-order valence-corrected chi connectivity index (χ1v) is 7.34. The fourth-order valence-corrected chi connectivity index (χ4v) is 3.73. The number of thiol groups is 1. The second kappa shape index (κ2) is 4.62. The minimum Gasteiger partial charge on any atom is -0.371 e. The number of hydrogen-bond donors (Lipinski definition) is 1. The summed E-state index contributed by atoms with van der Waals surface area (Å²) >= 11 is 4.66. The third kappa shape index (κ3) is 3.29. The molecule has 4 unspecified atom stereocenters. The summed E-state index contributed by atoms with van der Waals surface area (Å²) in [4.78, 5) is 0. The first-order chi connectivity index (χ1) is 7.81. The Kier molecular flexibility index (Phi) is 3.66. The fraction of sp³-hybridized carbons (Fsp3) is 0.867. The summed E-state index contributed by atoms with van der Waals surface area (Å²) < 4.78 is 6.50. The van der Waals surface area contributed by atoms with Crippen molar-refractivity contribution in [2.24, 2.45) is 11.8 Å². The lowest BCUT2D eigenvalue weighted by molar-refractivity contribution is -0.102. The van der Waals surface area contributed by atoms with Crippen molar-refractivity contribution in [3.8, 4) is 0 Å². The van der Waals surface area contributed by atoms with Gasteiger partial charge in [-0.25, -0.2) is 0 Å². The molecule has 0 N–H and O–H groups in total. The standard InChI is InChI=1S/C15H26OS/c1-5-15(4,10-14(2,3)17)16-13-9-11-6-7-12(13)8-11/h6-7,11-13,17H,5,8-10H2,1-4H3. The average molecular weight is 254 g/mol. The molecule has 4 atom stereocenters. The molecule has 0 amide bonds. The molecule has 0 aliphatic heterocycles. The smallest absolute Gasteiger partial charge is 0.0668 e. The van der Waals surface area contributed by atoms with Crippen LogP contribution in [-0.2, 0) is 4.74 Å². The van der Waals surface area contributed by atoms with Gasteiger partial charge in [-0.05, 0) is 38.5 Å². The van der Waals surface area contributed by atoms with E-state index in [9.17, 15) is 0 Å². The maximum absolute atomic E-state index is 6.46. The summed E-state index contributed by atoms with van der Waals surface area (Å²) in [6, 6.07) is 0. The zero-order chi connectivity index (χ0) is 12.7. The third-order valence-electron chi connectivity index (χ3n) is 4.21. The Balaban J connectivity index is 1.97. The molecule has 1 saturated carbocycles. The van der Waals surface area contributed by atoms with E-state index in [2.05, 4.69) is 52.5 Å². The van der Waals surface area contributed by atoms with E-state index < -0.39 is 0 Å². The van der Waals surface area contributed by atoms with Crippen molar-refractivity contribution >= 4 is 12.6 Å². The van der Waals surface area contributed by atoms with Gasteiger partial charge in [0.1, 0.15) is 0 Å². The van der Waals surface area contributed by atoms with Gasteiger partial charge in [-0.2, -0.15) is 12.6 Å². The van der Waals surface area contributed by atoms with E-state index in [0.29, 0.717) is 12.0 Å². The van der Waals surface area contributed by atoms with Crippen LogP contribution in [0.3, 0.4) is 0 Å². The summed E-state index contributed by atoms with van der Waals surface area (Å²) in [5.41, 5.74) is -0.0196. The molecule has 2 aliphatic carbocycles. The van der Waals surface area contributed by atoms with Crippen molar-refractivity contribution in [2.75, 3.05) is 0 Å². The molecule has 0 aromatic heterocycles. The Labute approximate surface area is 111 Å². The van der Waals surface area contributed by atoms with Crippen molar-refractivity contribution in [3.05, 3.63) is 12.2 Å². The first kappa shape index (κ1) is 13.5. The van der Waals surface area contributed by atoms with Gasteiger partial charge in [0.05, 0.1) is 11.7 Å². The minimum atomic E-state index is -0.0196. The van der Waals surface area contributed by atoms with Crippen LogP contribution in [0, 0.1) is 11.8 Å². The van der Waals surface area contributed by atoms with Gasteiger partial charge in [0.2, 0.25) is 0 Å². The lowest BCUT2D eigenvalue weighted by Gasteiger charge is -2.38. The molecule has 1 nitrogen and oxygen atoms in total. The largest absolute Gasteiger partial charge is 0.371 e. The lowest BCUT2D eigenvalue weighted by Crippen LogP contribution is -2.39. The van der Waals surface area contributed by atoms with Gasteiger partial charge in [0.25, 0.3) is 0 Å². The van der Waals surface area contributed by atoms with E-state index >= 15 is 0 Å². The van der Waals surface area contributed by atoms with Gasteiger partial charge < -0.3 is 4.74 Å². The van der Waals surface area contributed by atoms with E-state index in [0.717, 1.165) is 18.8 Å². The highest BCUT2D eigenvalue weighted by Crippen LogP contribution is 2.44. The van der Waals surface area contributed by atoms with Crippen LogP contribution in [0.2, 0.25) is 0 Å². The van der Waals surface area contributed by atoms with Crippen LogP contribution < -0.4 is 0 Å². The molecule has 0 aromatic carbocycles. The Hall–Kier alpha value is 0.0500. The molecule has 2 heteroatoms. The van der Waals surface area contributed by atoms with E-state index in [1.807, 2.05) is 0 Å². The highest BCUT2D eigenvalue weighted by atomic mass is 32.1. The van der Waals surface area contributed by atoms with Gasteiger partial charge in [-0.15, -0.1) is 0 Å². The second-order valence-corrected chi connectivity index (χ2v) is 7.94. The molecule has 0 heterocycles. The van der Waals surface area contributed by atoms with Crippen LogP contribution in [0.15, 0.2) is 12.2 Å². The zero-order valence-electron chi connectivity index (χ0n) is 11.6. The Morgan fingerprint density at radius 2 is 1.94 bits per heavy atom. The molecule has 1 fully saturated rings. The van der Waals surface area contributed by atoms with E-state index in [1.165, 1.54) is 12.8 Å². The molecule has 2 rings (SSSR count). The average Bonchev–Trinajstić information content (AvgIpc) is 2.76. The Bertz CT molecular complexity index is 305. The third-order valence-corrected chi connectivity index (χ3v) is 4.37. The monoisotopic (exact) mass is 254 g/mol. The topological polar surface area (TPSA) is 9.23 Å². The molecular weight excluding hydrogens is 228 g/mol. The molecule has 0 spiro atoms. The maximum atomic E-state index is 6.46. The van der Waals surface area contributed by atoms with Crippen molar-refractivity contribution in [3.63, 3.8) is 0 Å². The van der Waals surface area contributed by atoms with E-state index in [1.54, 1.807) is 0 Å². The molecule has 98 valence electrons. The number of allylic oxidation sites excluding steroid dienone is 1. The van der Waals surface area contributed by atoms with Gasteiger partial charge in [-0.3, -0.25) is 0 Å². The minimum absolute atomic E-state index is 0.0196. The molecule has 0 radical (unpaired) electrons. The fourth-order valence-electron chi connectivity index (χ4n) is 3.40. The van der Waals surface area contributed by atoms with Crippen LogP contribution in [0.4, 0.5) is 0 Å². The molecule has 0 saturated heterocycles. The van der Waals surface area contributed by atoms with E-state index in [-0.39, 0.29) is 10.3 Å². The van der Waals surface area contributed by atoms with Crippen LogP contribution in [0.5, 0.6) is 0 Å². The second-order valence-electron chi connectivity index (χ2n) is 6.73. The zero-order valence-corrected chi connectivity index (χ0v) is 12.5. The highest BCUT2D eigenvalue weighted by Gasteiger charge is 2.41. The van der Waals surface area contributed by atoms with Crippen LogP contribution in [0.25, 0.3) is 0 Å². The summed E-state index contributed by atoms with van der Waals surface area (Å²) in [7, 11) is 0. The van der Waals surface area contributed by atoms with Crippen LogP contribution in [-0.4, -0.2) is 16.5 Å². The number of fused-ring (bicyclic) bond motifs is 2. The lowest BCUT2D eigenvalue weighted by atomic mass is 9.90. The van der Waals surface area contributed by atoms with Crippen LogP contribution in [0.1, 0.15) is 53.4 Å². The summed E-state index contributed by atoms with van der Waals surface area (Å²) in [5, 5.41) is 0. The van der Waals surface area contributed by atoms with Crippen molar-refractivity contribution in [1.82, 2.24) is 0 Å². The number of hydrogen-bond acceptors (Lipinski definition) is 2. The molecule has 0 aromatic rings. The predicted molar refractivity (Wildman–Crippen MR) is 76.6 cm³/mol. The summed E-state index contributed by atoms with van der Waals surface area (Å²) in [6.45, 7) is 8.82. The predicted octanol–water partition coefficient (Wildman–Crippen LogP) is 4.23. The molecule has 2 bridgehead atoms. The number of rotatable bonds is 5.